The first-order chi connectivity index (χ1) is 20.8. The van der Waals surface area contributed by atoms with Gasteiger partial charge in [-0.25, -0.2) is 15.0 Å². The van der Waals surface area contributed by atoms with Gasteiger partial charge in [0.15, 0.2) is 17.5 Å². The van der Waals surface area contributed by atoms with Crippen molar-refractivity contribution in [2.45, 2.75) is 0 Å². The topological polar surface area (TPSA) is 65.0 Å². The Balaban J connectivity index is 1.43. The molecule has 0 radical (unpaired) electrons. The van der Waals surface area contributed by atoms with Crippen LogP contribution in [0.4, 0.5) is 0 Å². The van der Waals surface area contributed by atoms with Gasteiger partial charge in [-0.15, -0.1) is 0 Å². The molecular weight excluding hydrogens is 518 g/mol. The number of aromatic nitrogens is 3. The molecule has 3 aromatic heterocycles. The summed E-state index contributed by atoms with van der Waals surface area (Å²) in [6.07, 6.45) is 0. The van der Waals surface area contributed by atoms with Crippen LogP contribution in [0.3, 0.4) is 0 Å². The van der Waals surface area contributed by atoms with E-state index in [-0.39, 0.29) is 0 Å². The van der Waals surface area contributed by atoms with E-state index in [1.807, 2.05) is 91.0 Å². The van der Waals surface area contributed by atoms with E-state index < -0.39 is 0 Å². The standard InChI is InChI=1S/C37H21N3O2/c1-3-12-22(13-4-1)35-38-36(23-14-5-2-6-15-23)40-37(39-35)27-19-11-21-29-31(27)32-33(42-29)25-17-8-7-16-24(25)30-26-18-9-10-20-28(26)41-34(30)32/h1-21H. The number of fused-ring (bicyclic) bond motifs is 10. The summed E-state index contributed by atoms with van der Waals surface area (Å²) in [5.74, 6) is 1.81. The molecule has 3 heterocycles. The van der Waals surface area contributed by atoms with Crippen LogP contribution in [0, 0.1) is 0 Å². The van der Waals surface area contributed by atoms with Crippen LogP contribution >= 0.6 is 0 Å². The highest BCUT2D eigenvalue weighted by Crippen LogP contribution is 2.46. The molecule has 0 aliphatic carbocycles. The van der Waals surface area contributed by atoms with Gasteiger partial charge in [0, 0.05) is 38.2 Å². The van der Waals surface area contributed by atoms with Crippen LogP contribution in [-0.2, 0) is 0 Å². The molecule has 42 heavy (non-hydrogen) atoms. The Morgan fingerprint density at radius 1 is 0.357 bits per heavy atom. The lowest BCUT2D eigenvalue weighted by molar-refractivity contribution is 0.665. The molecule has 196 valence electrons. The summed E-state index contributed by atoms with van der Waals surface area (Å²) in [7, 11) is 0. The van der Waals surface area contributed by atoms with Crippen molar-refractivity contribution < 1.29 is 8.83 Å². The predicted molar refractivity (Wildman–Crippen MR) is 168 cm³/mol. The van der Waals surface area contributed by atoms with E-state index >= 15 is 0 Å². The zero-order valence-corrected chi connectivity index (χ0v) is 22.3. The maximum absolute atomic E-state index is 6.63. The fraction of sp³-hybridized carbons (Fsp3) is 0. The molecule has 0 spiro atoms. The summed E-state index contributed by atoms with van der Waals surface area (Å²) in [5, 5.41) is 6.15. The minimum atomic E-state index is 0.577. The molecule has 6 aromatic carbocycles. The Hall–Kier alpha value is -5.81. The number of hydrogen-bond acceptors (Lipinski definition) is 5. The molecule has 0 N–H and O–H groups in total. The minimum absolute atomic E-state index is 0.577. The van der Waals surface area contributed by atoms with E-state index in [1.165, 1.54) is 0 Å². The molecule has 5 heteroatoms. The van der Waals surface area contributed by atoms with Gasteiger partial charge in [-0.3, -0.25) is 0 Å². The molecule has 0 amide bonds. The molecule has 0 saturated carbocycles. The maximum atomic E-state index is 6.63. The van der Waals surface area contributed by atoms with Gasteiger partial charge in [-0.1, -0.05) is 115 Å². The number of benzene rings is 6. The van der Waals surface area contributed by atoms with E-state index in [0.29, 0.717) is 17.5 Å². The van der Waals surface area contributed by atoms with Crippen molar-refractivity contribution in [1.29, 1.82) is 0 Å². The average Bonchev–Trinajstić information content (AvgIpc) is 3.65. The van der Waals surface area contributed by atoms with Gasteiger partial charge in [-0.2, -0.15) is 0 Å². The quantitative estimate of drug-likeness (QED) is 0.224. The first kappa shape index (κ1) is 22.9. The molecule has 0 atom stereocenters. The zero-order valence-electron chi connectivity index (χ0n) is 22.3. The smallest absolute Gasteiger partial charge is 0.164 e. The number of para-hydroxylation sites is 1. The summed E-state index contributed by atoms with van der Waals surface area (Å²) < 4.78 is 13.2. The molecule has 0 fully saturated rings. The van der Waals surface area contributed by atoms with Gasteiger partial charge in [0.2, 0.25) is 0 Å². The highest BCUT2D eigenvalue weighted by molar-refractivity contribution is 6.34. The molecular formula is C37H21N3O2. The van der Waals surface area contributed by atoms with Gasteiger partial charge >= 0.3 is 0 Å². The third-order valence-corrected chi connectivity index (χ3v) is 7.92. The van der Waals surface area contributed by atoms with Gasteiger partial charge < -0.3 is 8.83 Å². The first-order valence-electron chi connectivity index (χ1n) is 13.9. The minimum Gasteiger partial charge on any atom is -0.455 e. The summed E-state index contributed by atoms with van der Waals surface area (Å²) in [6, 6.07) is 42.6. The van der Waals surface area contributed by atoms with Crippen molar-refractivity contribution in [2.24, 2.45) is 0 Å². The summed E-state index contributed by atoms with van der Waals surface area (Å²) in [4.78, 5) is 14.9. The van der Waals surface area contributed by atoms with Crippen LogP contribution in [0.15, 0.2) is 136 Å². The number of rotatable bonds is 3. The van der Waals surface area contributed by atoms with Crippen LogP contribution in [0.2, 0.25) is 0 Å². The van der Waals surface area contributed by atoms with E-state index in [1.54, 1.807) is 0 Å². The van der Waals surface area contributed by atoms with E-state index in [0.717, 1.165) is 71.3 Å². The van der Waals surface area contributed by atoms with Crippen molar-refractivity contribution >= 4 is 54.6 Å². The van der Waals surface area contributed by atoms with Crippen molar-refractivity contribution in [2.75, 3.05) is 0 Å². The summed E-state index contributed by atoms with van der Waals surface area (Å²) in [6.45, 7) is 0. The molecule has 0 unspecified atom stereocenters. The van der Waals surface area contributed by atoms with Gasteiger partial charge in [0.25, 0.3) is 0 Å². The highest BCUT2D eigenvalue weighted by atomic mass is 16.3. The normalized spacial score (nSPS) is 11.8. The molecule has 0 aliphatic rings. The second-order valence-corrected chi connectivity index (χ2v) is 10.4. The lowest BCUT2D eigenvalue weighted by atomic mass is 9.98. The SMILES string of the molecule is c1ccc(-c2nc(-c3ccccc3)nc(-c3cccc4oc5c6ccccc6c6c7ccccc7oc6c5c34)n2)cc1. The highest BCUT2D eigenvalue weighted by Gasteiger charge is 2.24. The van der Waals surface area contributed by atoms with Crippen molar-refractivity contribution in [3.05, 3.63) is 127 Å². The fourth-order valence-corrected chi connectivity index (χ4v) is 6.06. The van der Waals surface area contributed by atoms with Crippen LogP contribution in [0.1, 0.15) is 0 Å². The Bertz CT molecular complexity index is 2400. The largest absolute Gasteiger partial charge is 0.455 e. The molecule has 9 rings (SSSR count). The Morgan fingerprint density at radius 2 is 0.905 bits per heavy atom. The van der Waals surface area contributed by atoms with Crippen LogP contribution in [0.25, 0.3) is 88.8 Å². The Morgan fingerprint density at radius 3 is 1.62 bits per heavy atom. The van der Waals surface area contributed by atoms with Crippen molar-refractivity contribution in [1.82, 2.24) is 15.0 Å². The monoisotopic (exact) mass is 539 g/mol. The van der Waals surface area contributed by atoms with Gasteiger partial charge in [0.1, 0.15) is 22.3 Å². The number of furan rings is 2. The van der Waals surface area contributed by atoms with Gasteiger partial charge in [-0.05, 0) is 17.5 Å². The summed E-state index contributed by atoms with van der Waals surface area (Å²) >= 11 is 0. The molecule has 9 aromatic rings. The maximum Gasteiger partial charge on any atom is 0.164 e. The molecule has 5 nitrogen and oxygen atoms in total. The number of hydrogen-bond donors (Lipinski definition) is 0. The molecule has 0 saturated heterocycles. The summed E-state index contributed by atoms with van der Waals surface area (Å²) in [5.41, 5.74) is 5.90. The molecule has 0 aliphatic heterocycles. The van der Waals surface area contributed by atoms with Crippen molar-refractivity contribution in [3.8, 4) is 34.2 Å². The Labute approximate surface area is 239 Å². The first-order valence-corrected chi connectivity index (χ1v) is 13.9. The fourth-order valence-electron chi connectivity index (χ4n) is 6.06. The van der Waals surface area contributed by atoms with E-state index in [4.69, 9.17) is 23.8 Å². The van der Waals surface area contributed by atoms with Crippen molar-refractivity contribution in [3.63, 3.8) is 0 Å². The Kier molecular flexibility index (Phi) is 4.83. The number of nitrogens with zero attached hydrogens (tertiary/aromatic N) is 3. The lowest BCUT2D eigenvalue weighted by Crippen LogP contribution is -2.00. The van der Waals surface area contributed by atoms with Crippen LogP contribution in [0.5, 0.6) is 0 Å². The van der Waals surface area contributed by atoms with Crippen LogP contribution in [-0.4, -0.2) is 15.0 Å². The average molecular weight is 540 g/mol. The van der Waals surface area contributed by atoms with Gasteiger partial charge in [0.05, 0.1) is 5.39 Å². The second kappa shape index (κ2) is 8.85. The zero-order chi connectivity index (χ0) is 27.6. The van der Waals surface area contributed by atoms with E-state index in [9.17, 15) is 0 Å². The molecule has 0 bridgehead atoms. The third kappa shape index (κ3) is 3.34. The second-order valence-electron chi connectivity index (χ2n) is 10.4. The van der Waals surface area contributed by atoms with Crippen LogP contribution < -0.4 is 0 Å². The van der Waals surface area contributed by atoms with E-state index in [2.05, 4.69) is 36.4 Å². The predicted octanol–water partition coefficient (Wildman–Crippen LogP) is 9.82. The third-order valence-electron chi connectivity index (χ3n) is 7.92. The lowest BCUT2D eigenvalue weighted by Gasteiger charge is -2.09.